The Morgan fingerprint density at radius 2 is 1.68 bits per heavy atom. The van der Waals surface area contributed by atoms with Gasteiger partial charge in [0.1, 0.15) is 22.9 Å². The molecule has 1 aromatic rings. The SMILES string of the molecule is CNCC(=O)N(C)c1c(OC)cc(OC)cc1OC. The van der Waals surface area contributed by atoms with Crippen LogP contribution in [0.2, 0.25) is 0 Å². The van der Waals surface area contributed by atoms with E-state index in [0.717, 1.165) is 0 Å². The van der Waals surface area contributed by atoms with E-state index in [1.807, 2.05) is 0 Å². The van der Waals surface area contributed by atoms with Gasteiger partial charge < -0.3 is 24.4 Å². The highest BCUT2D eigenvalue weighted by molar-refractivity contribution is 5.97. The number of hydrogen-bond donors (Lipinski definition) is 1. The minimum absolute atomic E-state index is 0.0933. The van der Waals surface area contributed by atoms with Crippen molar-refractivity contribution in [3.63, 3.8) is 0 Å². The van der Waals surface area contributed by atoms with Gasteiger partial charge in [-0.2, -0.15) is 0 Å². The van der Waals surface area contributed by atoms with Crippen molar-refractivity contribution in [3.05, 3.63) is 12.1 Å². The summed E-state index contributed by atoms with van der Waals surface area (Å²) in [6.07, 6.45) is 0. The first-order valence-electron chi connectivity index (χ1n) is 5.80. The Balaban J connectivity index is 3.27. The third kappa shape index (κ3) is 3.29. The van der Waals surface area contributed by atoms with Gasteiger partial charge in [-0.15, -0.1) is 0 Å². The number of carbonyl (C=O) groups excluding carboxylic acids is 1. The van der Waals surface area contributed by atoms with Gasteiger partial charge >= 0.3 is 0 Å². The summed E-state index contributed by atoms with van der Waals surface area (Å²) in [4.78, 5) is 13.4. The topological polar surface area (TPSA) is 60.0 Å². The predicted molar refractivity (Wildman–Crippen MR) is 73.4 cm³/mol. The first-order chi connectivity index (χ1) is 9.08. The van der Waals surface area contributed by atoms with Crippen LogP contribution < -0.4 is 24.4 Å². The molecule has 1 N–H and O–H groups in total. The fourth-order valence-electron chi connectivity index (χ4n) is 1.71. The molecule has 0 saturated carbocycles. The first-order valence-corrected chi connectivity index (χ1v) is 5.80. The van der Waals surface area contributed by atoms with E-state index in [4.69, 9.17) is 14.2 Å². The summed E-state index contributed by atoms with van der Waals surface area (Å²) in [6, 6.07) is 3.42. The largest absolute Gasteiger partial charge is 0.496 e. The summed E-state index contributed by atoms with van der Waals surface area (Å²) in [6.45, 7) is 0.231. The fraction of sp³-hybridized carbons (Fsp3) is 0.462. The fourth-order valence-corrected chi connectivity index (χ4v) is 1.71. The van der Waals surface area contributed by atoms with Crippen LogP contribution in [-0.2, 0) is 4.79 Å². The summed E-state index contributed by atoms with van der Waals surface area (Å²) in [7, 11) is 8.02. The van der Waals surface area contributed by atoms with Crippen LogP contribution in [0.3, 0.4) is 0 Å². The molecule has 0 fully saturated rings. The van der Waals surface area contributed by atoms with E-state index in [1.54, 1.807) is 33.3 Å². The lowest BCUT2D eigenvalue weighted by Gasteiger charge is -2.23. The number of ether oxygens (including phenoxy) is 3. The van der Waals surface area contributed by atoms with Crippen LogP contribution in [0.1, 0.15) is 0 Å². The van der Waals surface area contributed by atoms with Crippen LogP contribution in [0.25, 0.3) is 0 Å². The van der Waals surface area contributed by atoms with Crippen molar-refractivity contribution in [2.24, 2.45) is 0 Å². The molecule has 0 aliphatic rings. The Bertz CT molecular complexity index is 423. The van der Waals surface area contributed by atoms with Crippen LogP contribution in [0.5, 0.6) is 17.2 Å². The van der Waals surface area contributed by atoms with Crippen molar-refractivity contribution >= 4 is 11.6 Å². The smallest absolute Gasteiger partial charge is 0.240 e. The van der Waals surface area contributed by atoms with E-state index < -0.39 is 0 Å². The monoisotopic (exact) mass is 268 g/mol. The second kappa shape index (κ2) is 6.84. The van der Waals surface area contributed by atoms with Gasteiger partial charge in [0, 0.05) is 19.2 Å². The molecular formula is C13H20N2O4. The maximum atomic E-state index is 12.0. The molecule has 1 rings (SSSR count). The highest BCUT2D eigenvalue weighted by Crippen LogP contribution is 2.41. The Morgan fingerprint density at radius 3 is 2.05 bits per heavy atom. The molecule has 0 atom stereocenters. The number of nitrogens with one attached hydrogen (secondary N) is 1. The van der Waals surface area contributed by atoms with Crippen LogP contribution in [0, 0.1) is 0 Å². The van der Waals surface area contributed by atoms with Gasteiger partial charge in [0.15, 0.2) is 0 Å². The van der Waals surface area contributed by atoms with Gasteiger partial charge in [0.2, 0.25) is 5.91 Å². The van der Waals surface area contributed by atoms with Gasteiger partial charge in [-0.05, 0) is 7.05 Å². The highest BCUT2D eigenvalue weighted by atomic mass is 16.5. The summed E-state index contributed by atoms with van der Waals surface area (Å²) >= 11 is 0. The molecule has 19 heavy (non-hydrogen) atoms. The van der Waals surface area contributed by atoms with Crippen LogP contribution >= 0.6 is 0 Å². The number of nitrogens with zero attached hydrogens (tertiary/aromatic N) is 1. The molecule has 0 aromatic heterocycles. The molecule has 0 radical (unpaired) electrons. The molecule has 0 unspecified atom stereocenters. The molecule has 6 nitrogen and oxygen atoms in total. The Morgan fingerprint density at radius 1 is 1.16 bits per heavy atom. The number of hydrogen-bond acceptors (Lipinski definition) is 5. The Labute approximate surface area is 113 Å². The van der Waals surface area contributed by atoms with E-state index in [9.17, 15) is 4.79 Å². The number of rotatable bonds is 6. The van der Waals surface area contributed by atoms with Gasteiger partial charge in [-0.3, -0.25) is 4.79 Å². The Hall–Kier alpha value is -1.95. The number of carbonyl (C=O) groups is 1. The molecule has 0 spiro atoms. The standard InChI is InChI=1S/C13H20N2O4/c1-14-8-12(16)15(2)13-10(18-4)6-9(17-3)7-11(13)19-5/h6-7,14H,8H2,1-5H3. The average Bonchev–Trinajstić information content (AvgIpc) is 2.44. The minimum Gasteiger partial charge on any atom is -0.496 e. The summed E-state index contributed by atoms with van der Waals surface area (Å²) in [5, 5.41) is 2.82. The molecule has 1 amide bonds. The van der Waals surface area contributed by atoms with Crippen molar-refractivity contribution in [2.45, 2.75) is 0 Å². The van der Waals surface area contributed by atoms with Crippen molar-refractivity contribution < 1.29 is 19.0 Å². The number of anilines is 1. The quantitative estimate of drug-likeness (QED) is 0.830. The lowest BCUT2D eigenvalue weighted by Crippen LogP contribution is -2.34. The van der Waals surface area contributed by atoms with Crippen molar-refractivity contribution in [3.8, 4) is 17.2 Å². The zero-order valence-electron chi connectivity index (χ0n) is 11.9. The molecule has 0 aliphatic heterocycles. The van der Waals surface area contributed by atoms with E-state index in [-0.39, 0.29) is 12.5 Å². The summed E-state index contributed by atoms with van der Waals surface area (Å²) in [5.74, 6) is 1.54. The average molecular weight is 268 g/mol. The normalized spacial score (nSPS) is 9.95. The van der Waals surface area contributed by atoms with Gasteiger partial charge in [-0.1, -0.05) is 0 Å². The molecule has 0 bridgehead atoms. The molecule has 6 heteroatoms. The van der Waals surface area contributed by atoms with Crippen LogP contribution in [-0.4, -0.2) is 47.9 Å². The van der Waals surface area contributed by atoms with Crippen LogP contribution in [0.4, 0.5) is 5.69 Å². The van der Waals surface area contributed by atoms with E-state index in [2.05, 4.69) is 5.32 Å². The lowest BCUT2D eigenvalue weighted by atomic mass is 10.2. The molecule has 0 aliphatic carbocycles. The second-order valence-corrected chi connectivity index (χ2v) is 3.86. The van der Waals surface area contributed by atoms with Crippen LogP contribution in [0.15, 0.2) is 12.1 Å². The molecule has 1 aromatic carbocycles. The molecule has 0 saturated heterocycles. The highest BCUT2D eigenvalue weighted by Gasteiger charge is 2.21. The van der Waals surface area contributed by atoms with E-state index in [0.29, 0.717) is 22.9 Å². The molecular weight excluding hydrogens is 248 g/mol. The zero-order valence-corrected chi connectivity index (χ0v) is 11.9. The number of likely N-dealkylation sites (N-methyl/N-ethyl adjacent to an activating group) is 2. The van der Waals surface area contributed by atoms with Crippen molar-refractivity contribution in [1.82, 2.24) is 5.32 Å². The minimum atomic E-state index is -0.0933. The zero-order chi connectivity index (χ0) is 14.4. The third-order valence-electron chi connectivity index (χ3n) is 2.73. The number of methoxy groups -OCH3 is 3. The van der Waals surface area contributed by atoms with Gasteiger partial charge in [0.05, 0.1) is 27.9 Å². The van der Waals surface area contributed by atoms with E-state index >= 15 is 0 Å². The number of benzene rings is 1. The Kier molecular flexibility index (Phi) is 5.44. The second-order valence-electron chi connectivity index (χ2n) is 3.86. The maximum absolute atomic E-state index is 12.0. The predicted octanol–water partition coefficient (Wildman–Crippen LogP) is 0.895. The van der Waals surface area contributed by atoms with Gasteiger partial charge in [-0.25, -0.2) is 0 Å². The number of amides is 1. The third-order valence-corrected chi connectivity index (χ3v) is 2.73. The lowest BCUT2D eigenvalue weighted by molar-refractivity contribution is -0.117. The maximum Gasteiger partial charge on any atom is 0.240 e. The molecule has 106 valence electrons. The van der Waals surface area contributed by atoms with Crippen molar-refractivity contribution in [2.75, 3.05) is 46.9 Å². The summed E-state index contributed by atoms with van der Waals surface area (Å²) in [5.41, 5.74) is 0.575. The summed E-state index contributed by atoms with van der Waals surface area (Å²) < 4.78 is 15.8. The molecule has 0 heterocycles. The van der Waals surface area contributed by atoms with Crippen molar-refractivity contribution in [1.29, 1.82) is 0 Å². The van der Waals surface area contributed by atoms with Gasteiger partial charge in [0.25, 0.3) is 0 Å². The first kappa shape index (κ1) is 15.1. The van der Waals surface area contributed by atoms with E-state index in [1.165, 1.54) is 19.1 Å².